The van der Waals surface area contributed by atoms with Gasteiger partial charge in [0.05, 0.1) is 16.7 Å². The van der Waals surface area contributed by atoms with Gasteiger partial charge >= 0.3 is 12.0 Å². The third-order valence-electron chi connectivity index (χ3n) is 4.65. The molecule has 2 aromatic rings. The Hall–Kier alpha value is -4.08. The van der Waals surface area contributed by atoms with Gasteiger partial charge in [0.15, 0.2) is 0 Å². The van der Waals surface area contributed by atoms with Gasteiger partial charge in [-0.05, 0) is 49.2 Å². The van der Waals surface area contributed by atoms with Crippen molar-refractivity contribution in [1.82, 2.24) is 10.3 Å². The van der Waals surface area contributed by atoms with E-state index in [-0.39, 0.29) is 17.0 Å². The quantitative estimate of drug-likeness (QED) is 0.195. The number of ether oxygens (including phenoxy) is 1. The second-order valence-electron chi connectivity index (χ2n) is 6.74. The molecule has 30 heavy (non-hydrogen) atoms. The monoisotopic (exact) mass is 410 g/mol. The highest BCUT2D eigenvalue weighted by Crippen LogP contribution is 2.21. The highest BCUT2D eigenvalue weighted by molar-refractivity contribution is 6.07. The average Bonchev–Trinajstić information content (AvgIpc) is 2.96. The fourth-order valence-electron chi connectivity index (χ4n) is 2.67. The number of hydrazone groups is 1. The first-order valence-electron chi connectivity index (χ1n) is 9.01. The standard InChI is InChI=1S/C20H18N4O6/c1-3-20(2)18(26)23(19(27)22-20)21-12-13-7-9-16(10-8-13)30-17(25)14-5-4-6-15(11-14)24(28)29/h4-12H,3H2,1-2H3,(H,22,27)/b21-12-/t20-/m1/s1. The number of hydrogen-bond acceptors (Lipinski definition) is 7. The Balaban J connectivity index is 1.67. The number of non-ortho nitro benzene ring substituents is 1. The molecule has 154 valence electrons. The summed E-state index contributed by atoms with van der Waals surface area (Å²) in [6.07, 6.45) is 1.78. The normalized spacial score (nSPS) is 18.5. The average molecular weight is 410 g/mol. The molecule has 3 rings (SSSR count). The molecule has 1 heterocycles. The van der Waals surface area contributed by atoms with Gasteiger partial charge in [0, 0.05) is 12.1 Å². The molecule has 0 unspecified atom stereocenters. The van der Waals surface area contributed by atoms with Crippen molar-refractivity contribution in [3.05, 3.63) is 69.8 Å². The number of nitrogens with zero attached hydrogens (tertiary/aromatic N) is 3. The number of amides is 3. The predicted molar refractivity (Wildman–Crippen MR) is 106 cm³/mol. The molecule has 0 aromatic heterocycles. The van der Waals surface area contributed by atoms with Crippen molar-refractivity contribution < 1.29 is 24.0 Å². The van der Waals surface area contributed by atoms with E-state index in [1.165, 1.54) is 36.5 Å². The Morgan fingerprint density at radius 3 is 2.57 bits per heavy atom. The summed E-state index contributed by atoms with van der Waals surface area (Å²) in [7, 11) is 0. The maximum atomic E-state index is 12.3. The number of carbonyl (C=O) groups is 3. The first-order valence-corrected chi connectivity index (χ1v) is 9.01. The number of esters is 1. The van der Waals surface area contributed by atoms with E-state index in [9.17, 15) is 24.5 Å². The number of hydrogen-bond donors (Lipinski definition) is 1. The first-order chi connectivity index (χ1) is 14.2. The Bertz CT molecular complexity index is 1050. The van der Waals surface area contributed by atoms with Crippen molar-refractivity contribution in [2.75, 3.05) is 0 Å². The zero-order chi connectivity index (χ0) is 21.9. The maximum Gasteiger partial charge on any atom is 0.346 e. The van der Waals surface area contributed by atoms with Gasteiger partial charge in [-0.25, -0.2) is 9.59 Å². The van der Waals surface area contributed by atoms with E-state index in [4.69, 9.17) is 4.74 Å². The lowest BCUT2D eigenvalue weighted by Crippen LogP contribution is -2.42. The Labute approximate surface area is 171 Å². The molecular weight excluding hydrogens is 392 g/mol. The van der Waals surface area contributed by atoms with Gasteiger partial charge in [0.1, 0.15) is 11.3 Å². The highest BCUT2D eigenvalue weighted by Gasteiger charge is 2.46. The Morgan fingerprint density at radius 2 is 1.97 bits per heavy atom. The fourth-order valence-corrected chi connectivity index (χ4v) is 2.67. The topological polar surface area (TPSA) is 131 Å². The van der Waals surface area contributed by atoms with Crippen LogP contribution < -0.4 is 10.1 Å². The van der Waals surface area contributed by atoms with Crippen LogP contribution in [0.15, 0.2) is 53.6 Å². The summed E-state index contributed by atoms with van der Waals surface area (Å²) in [5, 5.41) is 18.1. The highest BCUT2D eigenvalue weighted by atomic mass is 16.6. The number of benzene rings is 2. The number of imide groups is 1. The third kappa shape index (κ3) is 4.17. The van der Waals surface area contributed by atoms with Gasteiger partial charge in [-0.15, -0.1) is 5.01 Å². The minimum absolute atomic E-state index is 0.0485. The van der Waals surface area contributed by atoms with Crippen molar-refractivity contribution in [3.8, 4) is 5.75 Å². The van der Waals surface area contributed by atoms with Gasteiger partial charge in [-0.3, -0.25) is 14.9 Å². The van der Waals surface area contributed by atoms with E-state index in [0.29, 0.717) is 12.0 Å². The molecular formula is C20H18N4O6. The number of nitrogens with one attached hydrogen (secondary N) is 1. The summed E-state index contributed by atoms with van der Waals surface area (Å²) in [4.78, 5) is 46.6. The minimum Gasteiger partial charge on any atom is -0.423 e. The zero-order valence-electron chi connectivity index (χ0n) is 16.2. The van der Waals surface area contributed by atoms with Crippen molar-refractivity contribution in [2.24, 2.45) is 5.10 Å². The molecule has 1 aliphatic heterocycles. The van der Waals surface area contributed by atoms with Gasteiger partial charge in [0.25, 0.3) is 11.6 Å². The van der Waals surface area contributed by atoms with Gasteiger partial charge in [0.2, 0.25) is 0 Å². The summed E-state index contributed by atoms with van der Waals surface area (Å²) >= 11 is 0. The lowest BCUT2D eigenvalue weighted by molar-refractivity contribution is -0.384. The summed E-state index contributed by atoms with van der Waals surface area (Å²) in [6, 6.07) is 10.8. The summed E-state index contributed by atoms with van der Waals surface area (Å²) in [5.41, 5.74) is -0.571. The van der Waals surface area contributed by atoms with Crippen LogP contribution in [0.1, 0.15) is 36.2 Å². The molecule has 1 atom stereocenters. The van der Waals surface area contributed by atoms with Crippen LogP contribution in [-0.2, 0) is 4.79 Å². The summed E-state index contributed by atoms with van der Waals surface area (Å²) < 4.78 is 5.21. The molecule has 1 aliphatic rings. The SMILES string of the molecule is CC[C@@]1(C)NC(=O)N(/N=C\c2ccc(OC(=O)c3cccc([N+](=O)[O-])c3)cc2)C1=O. The van der Waals surface area contributed by atoms with Crippen LogP contribution in [0.3, 0.4) is 0 Å². The molecule has 0 aliphatic carbocycles. The third-order valence-corrected chi connectivity index (χ3v) is 4.65. The van der Waals surface area contributed by atoms with E-state index in [1.54, 1.807) is 26.0 Å². The van der Waals surface area contributed by atoms with Crippen LogP contribution in [0.4, 0.5) is 10.5 Å². The number of urea groups is 1. The number of nitro groups is 1. The number of rotatable bonds is 6. The van der Waals surface area contributed by atoms with E-state index in [0.717, 1.165) is 11.1 Å². The van der Waals surface area contributed by atoms with Crippen molar-refractivity contribution in [2.45, 2.75) is 25.8 Å². The lowest BCUT2D eigenvalue weighted by Gasteiger charge is -2.17. The smallest absolute Gasteiger partial charge is 0.346 e. The lowest BCUT2D eigenvalue weighted by atomic mass is 10.00. The molecule has 0 bridgehead atoms. The molecule has 3 amide bonds. The maximum absolute atomic E-state index is 12.3. The molecule has 10 heteroatoms. The first kappa shape index (κ1) is 20.6. The van der Waals surface area contributed by atoms with Crippen LogP contribution in [0.5, 0.6) is 5.75 Å². The molecule has 2 aromatic carbocycles. The van der Waals surface area contributed by atoms with Crippen LogP contribution >= 0.6 is 0 Å². The van der Waals surface area contributed by atoms with E-state index < -0.39 is 28.4 Å². The fraction of sp³-hybridized carbons (Fsp3) is 0.200. The molecule has 0 saturated carbocycles. The minimum atomic E-state index is -0.973. The molecule has 1 fully saturated rings. The Kier molecular flexibility index (Phi) is 5.58. The van der Waals surface area contributed by atoms with Crippen LogP contribution in [0.25, 0.3) is 0 Å². The van der Waals surface area contributed by atoms with Gasteiger partial charge in [-0.1, -0.05) is 13.0 Å². The summed E-state index contributed by atoms with van der Waals surface area (Å²) in [5.74, 6) is -0.954. The van der Waals surface area contributed by atoms with Crippen molar-refractivity contribution >= 4 is 29.8 Å². The second-order valence-corrected chi connectivity index (χ2v) is 6.74. The second kappa shape index (κ2) is 8.11. The van der Waals surface area contributed by atoms with Crippen LogP contribution in [0, 0.1) is 10.1 Å². The van der Waals surface area contributed by atoms with Gasteiger partial charge in [-0.2, -0.15) is 5.10 Å². The molecule has 0 spiro atoms. The van der Waals surface area contributed by atoms with Crippen LogP contribution in [-0.4, -0.2) is 39.6 Å². The van der Waals surface area contributed by atoms with E-state index in [2.05, 4.69) is 10.4 Å². The zero-order valence-corrected chi connectivity index (χ0v) is 16.2. The van der Waals surface area contributed by atoms with Crippen LogP contribution in [0.2, 0.25) is 0 Å². The van der Waals surface area contributed by atoms with Gasteiger partial charge < -0.3 is 10.1 Å². The van der Waals surface area contributed by atoms with Crippen molar-refractivity contribution in [3.63, 3.8) is 0 Å². The van der Waals surface area contributed by atoms with E-state index in [1.807, 2.05) is 0 Å². The number of nitro benzene ring substituents is 1. The van der Waals surface area contributed by atoms with Crippen molar-refractivity contribution in [1.29, 1.82) is 0 Å². The Morgan fingerprint density at radius 1 is 1.27 bits per heavy atom. The molecule has 10 nitrogen and oxygen atoms in total. The largest absolute Gasteiger partial charge is 0.423 e. The number of carbonyl (C=O) groups excluding carboxylic acids is 3. The van der Waals surface area contributed by atoms with E-state index >= 15 is 0 Å². The molecule has 1 saturated heterocycles. The predicted octanol–water partition coefficient (Wildman–Crippen LogP) is 2.87. The summed E-state index contributed by atoms with van der Waals surface area (Å²) in [6.45, 7) is 3.42. The molecule has 0 radical (unpaired) electrons. The molecule has 1 N–H and O–H groups in total.